The number of carbonyl (C=O) groups is 1. The van der Waals surface area contributed by atoms with E-state index in [4.69, 9.17) is 4.74 Å². The van der Waals surface area contributed by atoms with Gasteiger partial charge in [-0.15, -0.1) is 0 Å². The zero-order valence-electron chi connectivity index (χ0n) is 9.93. The van der Waals surface area contributed by atoms with Gasteiger partial charge in [0.05, 0.1) is 17.9 Å². The van der Waals surface area contributed by atoms with E-state index < -0.39 is 0 Å². The number of methoxy groups -OCH3 is 1. The first kappa shape index (κ1) is 11.6. The van der Waals surface area contributed by atoms with Crippen LogP contribution in [0.15, 0.2) is 24.5 Å². The quantitative estimate of drug-likeness (QED) is 0.802. The highest BCUT2D eigenvalue weighted by molar-refractivity contribution is 5.94. The standard InChI is InChI=1S/C12H15N3O2/c1-9-7-15-8-10(3-4-11(15)14-9)12(16)13-5-6-17-2/h3-4,7-8H,5-6H2,1-2H3,(H,13,16). The maximum atomic E-state index is 11.8. The van der Waals surface area contributed by atoms with Crippen molar-refractivity contribution >= 4 is 11.6 Å². The van der Waals surface area contributed by atoms with Gasteiger partial charge in [0.15, 0.2) is 0 Å². The van der Waals surface area contributed by atoms with E-state index in [-0.39, 0.29) is 5.91 Å². The van der Waals surface area contributed by atoms with E-state index in [1.165, 1.54) is 0 Å². The lowest BCUT2D eigenvalue weighted by Crippen LogP contribution is -2.27. The third kappa shape index (κ3) is 2.62. The van der Waals surface area contributed by atoms with Crippen molar-refractivity contribution in [2.45, 2.75) is 6.92 Å². The number of nitrogens with one attached hydrogen (secondary N) is 1. The van der Waals surface area contributed by atoms with Crippen LogP contribution in [0.25, 0.3) is 5.65 Å². The molecule has 5 heteroatoms. The van der Waals surface area contributed by atoms with Crippen molar-refractivity contribution in [1.29, 1.82) is 0 Å². The first-order valence-corrected chi connectivity index (χ1v) is 5.43. The SMILES string of the molecule is COCCNC(=O)c1ccc2nc(C)cn2c1. The van der Waals surface area contributed by atoms with Gasteiger partial charge < -0.3 is 14.5 Å². The summed E-state index contributed by atoms with van der Waals surface area (Å²) in [6.07, 6.45) is 3.67. The molecule has 1 N–H and O–H groups in total. The van der Waals surface area contributed by atoms with Gasteiger partial charge in [-0.2, -0.15) is 0 Å². The maximum absolute atomic E-state index is 11.8. The highest BCUT2D eigenvalue weighted by atomic mass is 16.5. The summed E-state index contributed by atoms with van der Waals surface area (Å²) in [6, 6.07) is 3.60. The average molecular weight is 233 g/mol. The Morgan fingerprint density at radius 3 is 3.06 bits per heavy atom. The van der Waals surface area contributed by atoms with Crippen LogP contribution in [0.5, 0.6) is 0 Å². The molecule has 2 aromatic heterocycles. The maximum Gasteiger partial charge on any atom is 0.252 e. The van der Waals surface area contributed by atoms with Crippen molar-refractivity contribution in [3.63, 3.8) is 0 Å². The molecule has 2 heterocycles. The van der Waals surface area contributed by atoms with E-state index in [0.717, 1.165) is 11.3 Å². The summed E-state index contributed by atoms with van der Waals surface area (Å²) in [6.45, 7) is 2.94. The molecule has 2 aromatic rings. The summed E-state index contributed by atoms with van der Waals surface area (Å²) >= 11 is 0. The number of ether oxygens (including phenoxy) is 1. The van der Waals surface area contributed by atoms with Gasteiger partial charge in [0, 0.05) is 26.0 Å². The lowest BCUT2D eigenvalue weighted by Gasteiger charge is -2.04. The Labute approximate surface area is 99.4 Å². The van der Waals surface area contributed by atoms with E-state index in [0.29, 0.717) is 18.7 Å². The second kappa shape index (κ2) is 4.97. The van der Waals surface area contributed by atoms with Crippen LogP contribution in [0.2, 0.25) is 0 Å². The number of hydrogen-bond donors (Lipinski definition) is 1. The molecule has 0 saturated heterocycles. The van der Waals surface area contributed by atoms with Gasteiger partial charge in [-0.25, -0.2) is 4.98 Å². The van der Waals surface area contributed by atoms with Crippen molar-refractivity contribution in [2.75, 3.05) is 20.3 Å². The molecule has 0 aromatic carbocycles. The van der Waals surface area contributed by atoms with E-state index in [9.17, 15) is 4.79 Å². The fraction of sp³-hybridized carbons (Fsp3) is 0.333. The Hall–Kier alpha value is -1.88. The van der Waals surface area contributed by atoms with Gasteiger partial charge in [0.2, 0.25) is 0 Å². The van der Waals surface area contributed by atoms with Crippen molar-refractivity contribution in [1.82, 2.24) is 14.7 Å². The third-order valence-corrected chi connectivity index (χ3v) is 2.43. The molecule has 0 spiro atoms. The number of carbonyl (C=O) groups excluding carboxylic acids is 1. The number of fused-ring (bicyclic) bond motifs is 1. The second-order valence-electron chi connectivity index (χ2n) is 3.81. The number of aryl methyl sites for hydroxylation is 1. The highest BCUT2D eigenvalue weighted by Crippen LogP contribution is 2.07. The number of rotatable bonds is 4. The fourth-order valence-electron chi connectivity index (χ4n) is 1.62. The first-order valence-electron chi connectivity index (χ1n) is 5.43. The largest absolute Gasteiger partial charge is 0.383 e. The van der Waals surface area contributed by atoms with Gasteiger partial charge in [0.25, 0.3) is 5.91 Å². The number of imidazole rings is 1. The topological polar surface area (TPSA) is 55.6 Å². The number of aromatic nitrogens is 2. The molecule has 17 heavy (non-hydrogen) atoms. The minimum atomic E-state index is -0.102. The van der Waals surface area contributed by atoms with E-state index in [2.05, 4.69) is 10.3 Å². The summed E-state index contributed by atoms with van der Waals surface area (Å²) in [5.41, 5.74) is 2.39. The molecule has 5 nitrogen and oxygen atoms in total. The molecule has 2 rings (SSSR count). The van der Waals surface area contributed by atoms with Crippen LogP contribution in [-0.2, 0) is 4.74 Å². The van der Waals surface area contributed by atoms with Crippen LogP contribution in [0.3, 0.4) is 0 Å². The summed E-state index contributed by atoms with van der Waals surface area (Å²) in [7, 11) is 1.60. The van der Waals surface area contributed by atoms with E-state index >= 15 is 0 Å². The van der Waals surface area contributed by atoms with E-state index in [1.807, 2.05) is 23.6 Å². The lowest BCUT2D eigenvalue weighted by atomic mass is 10.2. The van der Waals surface area contributed by atoms with Gasteiger partial charge >= 0.3 is 0 Å². The zero-order valence-corrected chi connectivity index (χ0v) is 9.93. The van der Waals surface area contributed by atoms with Gasteiger partial charge in [-0.3, -0.25) is 4.79 Å². The Morgan fingerprint density at radius 2 is 2.29 bits per heavy atom. The average Bonchev–Trinajstić information content (AvgIpc) is 2.68. The summed E-state index contributed by atoms with van der Waals surface area (Å²) < 4.78 is 6.72. The first-order chi connectivity index (χ1) is 8.20. The molecule has 0 saturated carbocycles. The molecule has 0 fully saturated rings. The van der Waals surface area contributed by atoms with Crippen molar-refractivity contribution in [3.8, 4) is 0 Å². The summed E-state index contributed by atoms with van der Waals surface area (Å²) in [4.78, 5) is 16.1. The minimum absolute atomic E-state index is 0.102. The molecule has 0 aliphatic heterocycles. The molecule has 0 aliphatic rings. The fourth-order valence-corrected chi connectivity index (χ4v) is 1.62. The smallest absolute Gasteiger partial charge is 0.252 e. The van der Waals surface area contributed by atoms with Crippen molar-refractivity contribution in [2.24, 2.45) is 0 Å². The van der Waals surface area contributed by atoms with Crippen LogP contribution >= 0.6 is 0 Å². The van der Waals surface area contributed by atoms with Crippen molar-refractivity contribution < 1.29 is 9.53 Å². The minimum Gasteiger partial charge on any atom is -0.383 e. The molecule has 0 aliphatic carbocycles. The van der Waals surface area contributed by atoms with Gasteiger partial charge in [-0.05, 0) is 19.1 Å². The normalized spacial score (nSPS) is 10.7. The number of amides is 1. The molecular weight excluding hydrogens is 218 g/mol. The van der Waals surface area contributed by atoms with Crippen LogP contribution in [0.4, 0.5) is 0 Å². The lowest BCUT2D eigenvalue weighted by molar-refractivity contribution is 0.0936. The molecule has 1 amide bonds. The summed E-state index contributed by atoms with van der Waals surface area (Å²) in [5.74, 6) is -0.102. The second-order valence-corrected chi connectivity index (χ2v) is 3.81. The Morgan fingerprint density at radius 1 is 1.47 bits per heavy atom. The molecule has 0 radical (unpaired) electrons. The number of hydrogen-bond acceptors (Lipinski definition) is 3. The van der Waals surface area contributed by atoms with Crippen LogP contribution in [0, 0.1) is 6.92 Å². The Balaban J connectivity index is 2.15. The highest BCUT2D eigenvalue weighted by Gasteiger charge is 2.06. The molecule has 0 bridgehead atoms. The monoisotopic (exact) mass is 233 g/mol. The van der Waals surface area contributed by atoms with Gasteiger partial charge in [-0.1, -0.05) is 0 Å². The van der Waals surface area contributed by atoms with E-state index in [1.54, 1.807) is 19.4 Å². The van der Waals surface area contributed by atoms with Crippen LogP contribution in [0.1, 0.15) is 16.1 Å². The molecule has 0 unspecified atom stereocenters. The van der Waals surface area contributed by atoms with Crippen molar-refractivity contribution in [3.05, 3.63) is 35.8 Å². The molecular formula is C12H15N3O2. The predicted octanol–water partition coefficient (Wildman–Crippen LogP) is 1.02. The van der Waals surface area contributed by atoms with Crippen LogP contribution < -0.4 is 5.32 Å². The number of pyridine rings is 1. The third-order valence-electron chi connectivity index (χ3n) is 2.43. The predicted molar refractivity (Wildman–Crippen MR) is 64.1 cm³/mol. The number of nitrogens with zero attached hydrogens (tertiary/aromatic N) is 2. The molecule has 90 valence electrons. The Bertz CT molecular complexity index is 534. The van der Waals surface area contributed by atoms with Crippen LogP contribution in [-0.4, -0.2) is 35.6 Å². The summed E-state index contributed by atoms with van der Waals surface area (Å²) in [5, 5.41) is 2.77. The zero-order chi connectivity index (χ0) is 12.3. The Kier molecular flexibility index (Phi) is 3.39. The van der Waals surface area contributed by atoms with Gasteiger partial charge in [0.1, 0.15) is 5.65 Å². The molecule has 0 atom stereocenters.